The van der Waals surface area contributed by atoms with Crippen LogP contribution in [0.15, 0.2) is 59.4 Å². The van der Waals surface area contributed by atoms with Crippen molar-refractivity contribution in [2.75, 3.05) is 13.2 Å². The van der Waals surface area contributed by atoms with Gasteiger partial charge in [0.1, 0.15) is 5.82 Å². The first-order valence-electron chi connectivity index (χ1n) is 8.87. The number of aryl methyl sites for hydroxylation is 1. The lowest BCUT2D eigenvalue weighted by atomic mass is 10.00. The van der Waals surface area contributed by atoms with E-state index in [2.05, 4.69) is 5.10 Å². The Hall–Kier alpha value is -2.54. The Morgan fingerprint density at radius 3 is 2.61 bits per heavy atom. The van der Waals surface area contributed by atoms with Crippen LogP contribution in [0.4, 0.5) is 4.39 Å². The van der Waals surface area contributed by atoms with Crippen molar-refractivity contribution in [2.24, 2.45) is 0 Å². The van der Waals surface area contributed by atoms with Crippen molar-refractivity contribution in [3.8, 4) is 5.69 Å². The number of rotatable bonds is 4. The number of hydrogen-bond donors (Lipinski definition) is 0. The molecule has 7 heteroatoms. The Bertz CT molecular complexity index is 1080. The van der Waals surface area contributed by atoms with Crippen LogP contribution in [-0.4, -0.2) is 23.0 Å². The molecule has 1 aromatic heterocycles. The number of para-hydroxylation sites is 1. The maximum Gasteiger partial charge on any atom is 0.271 e. The lowest BCUT2D eigenvalue weighted by molar-refractivity contribution is -0.165. The highest BCUT2D eigenvalue weighted by molar-refractivity contribution is 6.31. The van der Waals surface area contributed by atoms with E-state index < -0.39 is 11.6 Å². The smallest absolute Gasteiger partial charge is 0.271 e. The maximum absolute atomic E-state index is 13.5. The topological polar surface area (TPSA) is 53.4 Å². The normalized spacial score (nSPS) is 15.7. The van der Waals surface area contributed by atoms with Crippen molar-refractivity contribution in [1.82, 2.24) is 9.78 Å². The summed E-state index contributed by atoms with van der Waals surface area (Å²) in [6, 6.07) is 14.7. The third-order valence-corrected chi connectivity index (χ3v) is 5.02. The minimum Gasteiger partial charge on any atom is -0.343 e. The molecule has 0 saturated carbocycles. The van der Waals surface area contributed by atoms with Gasteiger partial charge in [0.25, 0.3) is 5.56 Å². The van der Waals surface area contributed by atoms with Crippen molar-refractivity contribution < 1.29 is 13.9 Å². The second-order valence-electron chi connectivity index (χ2n) is 6.61. The summed E-state index contributed by atoms with van der Waals surface area (Å²) in [5.41, 5.74) is 2.52. The Kier molecular flexibility index (Phi) is 5.02. The summed E-state index contributed by atoms with van der Waals surface area (Å²) < 4.78 is 26.6. The molecule has 5 nitrogen and oxygen atoms in total. The molecule has 144 valence electrons. The monoisotopic (exact) mass is 400 g/mol. The Morgan fingerprint density at radius 1 is 1.14 bits per heavy atom. The summed E-state index contributed by atoms with van der Waals surface area (Å²) in [6.07, 6.45) is 0.227. The average Bonchev–Trinajstić information content (AvgIpc) is 3.13. The standard InChI is InChI=1S/C21H18ClFN2O3/c1-14-4-2-3-5-19(14)25-20(26)9-7-16(24-25)13-21(27-10-11-28-21)17-8-6-15(23)12-18(17)22/h2-9,12H,10-11,13H2,1H3. The van der Waals surface area contributed by atoms with Crippen LogP contribution in [0, 0.1) is 12.7 Å². The van der Waals surface area contributed by atoms with Crippen molar-refractivity contribution >= 4 is 11.6 Å². The molecule has 0 unspecified atom stereocenters. The van der Waals surface area contributed by atoms with Crippen molar-refractivity contribution in [3.63, 3.8) is 0 Å². The zero-order valence-electron chi connectivity index (χ0n) is 15.2. The molecule has 1 fully saturated rings. The second kappa shape index (κ2) is 7.47. The van der Waals surface area contributed by atoms with Gasteiger partial charge in [0, 0.05) is 11.6 Å². The van der Waals surface area contributed by atoms with E-state index in [1.807, 2.05) is 31.2 Å². The third kappa shape index (κ3) is 3.46. The molecule has 3 aromatic rings. The van der Waals surface area contributed by atoms with Crippen molar-refractivity contribution in [3.05, 3.63) is 92.6 Å². The van der Waals surface area contributed by atoms with Crippen molar-refractivity contribution in [2.45, 2.75) is 19.1 Å². The molecule has 0 spiro atoms. The van der Waals surface area contributed by atoms with Gasteiger partial charge in [-0.2, -0.15) is 9.78 Å². The van der Waals surface area contributed by atoms with Gasteiger partial charge in [-0.1, -0.05) is 29.8 Å². The summed E-state index contributed by atoms with van der Waals surface area (Å²) in [5.74, 6) is -1.61. The number of ether oxygens (including phenoxy) is 2. The number of benzene rings is 2. The SMILES string of the molecule is Cc1ccccc1-n1nc(CC2(c3ccc(F)cc3Cl)OCCO2)ccc1=O. The van der Waals surface area contributed by atoms with Crippen molar-refractivity contribution in [1.29, 1.82) is 0 Å². The third-order valence-electron chi connectivity index (χ3n) is 4.71. The van der Waals surface area contributed by atoms with Gasteiger partial charge in [-0.15, -0.1) is 0 Å². The highest BCUT2D eigenvalue weighted by Crippen LogP contribution is 2.38. The van der Waals surface area contributed by atoms with Gasteiger partial charge in [0.15, 0.2) is 0 Å². The van der Waals surface area contributed by atoms with E-state index in [9.17, 15) is 9.18 Å². The van der Waals surface area contributed by atoms with E-state index >= 15 is 0 Å². The van der Waals surface area contributed by atoms with Gasteiger partial charge >= 0.3 is 0 Å². The summed E-state index contributed by atoms with van der Waals surface area (Å²) in [7, 11) is 0. The van der Waals surface area contributed by atoms with Crippen LogP contribution < -0.4 is 5.56 Å². The lowest BCUT2D eigenvalue weighted by Gasteiger charge is -2.28. The van der Waals surface area contributed by atoms with Crippen LogP contribution in [0.1, 0.15) is 16.8 Å². The number of aromatic nitrogens is 2. The fourth-order valence-electron chi connectivity index (χ4n) is 3.36. The molecule has 2 aromatic carbocycles. The van der Waals surface area contributed by atoms with E-state index in [-0.39, 0.29) is 17.0 Å². The van der Waals surface area contributed by atoms with Gasteiger partial charge in [0.2, 0.25) is 5.79 Å². The fraction of sp³-hybridized carbons (Fsp3) is 0.238. The number of nitrogens with zero attached hydrogens (tertiary/aromatic N) is 2. The molecule has 1 aliphatic heterocycles. The Morgan fingerprint density at radius 2 is 1.89 bits per heavy atom. The van der Waals surface area contributed by atoms with E-state index in [4.69, 9.17) is 21.1 Å². The Balaban J connectivity index is 1.76. The Labute approximate surface area is 166 Å². The molecule has 0 bridgehead atoms. The largest absolute Gasteiger partial charge is 0.343 e. The summed E-state index contributed by atoms with van der Waals surface area (Å²) in [6.45, 7) is 2.68. The van der Waals surface area contributed by atoms with Crippen LogP contribution in [0.5, 0.6) is 0 Å². The molecular formula is C21H18ClFN2O3. The fourth-order valence-corrected chi connectivity index (χ4v) is 3.67. The zero-order chi connectivity index (χ0) is 19.7. The number of halogens is 2. The van der Waals surface area contributed by atoms with E-state index in [0.717, 1.165) is 5.56 Å². The summed E-state index contributed by atoms with van der Waals surface area (Å²) in [4.78, 5) is 12.4. The first kappa shape index (κ1) is 18.8. The summed E-state index contributed by atoms with van der Waals surface area (Å²) >= 11 is 6.26. The van der Waals surface area contributed by atoms with Gasteiger partial charge in [-0.3, -0.25) is 4.79 Å². The molecule has 1 saturated heterocycles. The lowest BCUT2D eigenvalue weighted by Crippen LogP contribution is -2.32. The first-order valence-corrected chi connectivity index (χ1v) is 9.25. The van der Waals surface area contributed by atoms with Crippen LogP contribution in [0.25, 0.3) is 5.69 Å². The predicted molar refractivity (Wildman–Crippen MR) is 103 cm³/mol. The number of hydrogen-bond acceptors (Lipinski definition) is 4. The van der Waals surface area contributed by atoms with Gasteiger partial charge in [-0.25, -0.2) is 4.39 Å². The molecule has 28 heavy (non-hydrogen) atoms. The quantitative estimate of drug-likeness (QED) is 0.669. The molecule has 0 amide bonds. The second-order valence-corrected chi connectivity index (χ2v) is 7.02. The van der Waals surface area contributed by atoms with Crippen LogP contribution >= 0.6 is 11.6 Å². The van der Waals surface area contributed by atoms with Crippen LogP contribution in [0.3, 0.4) is 0 Å². The average molecular weight is 401 g/mol. The highest BCUT2D eigenvalue weighted by atomic mass is 35.5. The van der Waals surface area contributed by atoms with Crippen LogP contribution in [-0.2, 0) is 21.7 Å². The molecule has 1 aliphatic rings. The molecule has 0 N–H and O–H groups in total. The zero-order valence-corrected chi connectivity index (χ0v) is 15.9. The van der Waals surface area contributed by atoms with E-state index in [1.165, 1.54) is 22.9 Å². The molecule has 0 radical (unpaired) electrons. The molecule has 4 rings (SSSR count). The highest BCUT2D eigenvalue weighted by Gasteiger charge is 2.41. The minimum absolute atomic E-state index is 0.217. The molecule has 0 atom stereocenters. The molecule has 2 heterocycles. The maximum atomic E-state index is 13.5. The van der Waals surface area contributed by atoms with Gasteiger partial charge < -0.3 is 9.47 Å². The van der Waals surface area contributed by atoms with E-state index in [1.54, 1.807) is 12.1 Å². The van der Waals surface area contributed by atoms with Crippen LogP contribution in [0.2, 0.25) is 5.02 Å². The molecule has 0 aliphatic carbocycles. The summed E-state index contributed by atoms with van der Waals surface area (Å²) in [5, 5.41) is 4.73. The molecular weight excluding hydrogens is 383 g/mol. The first-order chi connectivity index (χ1) is 13.5. The predicted octanol–water partition coefficient (Wildman–Crippen LogP) is 3.78. The van der Waals surface area contributed by atoms with E-state index in [0.29, 0.717) is 30.2 Å². The van der Waals surface area contributed by atoms with Gasteiger partial charge in [0.05, 0.1) is 36.0 Å². The van der Waals surface area contributed by atoms with Gasteiger partial charge in [-0.05, 0) is 42.8 Å². The minimum atomic E-state index is -1.17.